The number of fused-ring (bicyclic) bond motifs is 1. The standard InChI is InChI=1S/C21H23N3O2/c1-16-22-19-9-5-6-10-20(19)24(16)15-21(25)23-13-11-18(12-14-23)26-17-7-3-2-4-8-17/h2-10,18H,11-15H2,1H3. The van der Waals surface area contributed by atoms with Crippen LogP contribution in [0.3, 0.4) is 0 Å². The third-order valence-electron chi connectivity index (χ3n) is 4.98. The Hall–Kier alpha value is -2.82. The number of piperidine rings is 1. The van der Waals surface area contributed by atoms with Gasteiger partial charge in [0.05, 0.1) is 11.0 Å². The van der Waals surface area contributed by atoms with E-state index >= 15 is 0 Å². The van der Waals surface area contributed by atoms with Gasteiger partial charge in [-0.15, -0.1) is 0 Å². The van der Waals surface area contributed by atoms with Crippen molar-refractivity contribution in [2.75, 3.05) is 13.1 Å². The van der Waals surface area contributed by atoms with Gasteiger partial charge in [0, 0.05) is 25.9 Å². The summed E-state index contributed by atoms with van der Waals surface area (Å²) in [6.07, 6.45) is 1.91. The summed E-state index contributed by atoms with van der Waals surface area (Å²) in [4.78, 5) is 19.2. The van der Waals surface area contributed by atoms with Crippen molar-refractivity contribution in [2.45, 2.75) is 32.4 Å². The maximum Gasteiger partial charge on any atom is 0.242 e. The van der Waals surface area contributed by atoms with E-state index in [1.807, 2.05) is 71.0 Å². The van der Waals surface area contributed by atoms with Crippen molar-refractivity contribution >= 4 is 16.9 Å². The summed E-state index contributed by atoms with van der Waals surface area (Å²) in [5, 5.41) is 0. The first-order chi connectivity index (χ1) is 12.7. The molecule has 0 aliphatic carbocycles. The van der Waals surface area contributed by atoms with Crippen molar-refractivity contribution in [1.82, 2.24) is 14.5 Å². The second kappa shape index (κ2) is 7.20. The van der Waals surface area contributed by atoms with Gasteiger partial charge in [-0.3, -0.25) is 4.79 Å². The van der Waals surface area contributed by atoms with Crippen LogP contribution in [0.2, 0.25) is 0 Å². The van der Waals surface area contributed by atoms with E-state index in [-0.39, 0.29) is 12.0 Å². The molecule has 0 spiro atoms. The molecule has 0 bridgehead atoms. The summed E-state index contributed by atoms with van der Waals surface area (Å²) in [5.41, 5.74) is 1.95. The molecule has 4 rings (SSSR count). The number of rotatable bonds is 4. The largest absolute Gasteiger partial charge is 0.490 e. The Balaban J connectivity index is 1.37. The zero-order valence-electron chi connectivity index (χ0n) is 15.0. The van der Waals surface area contributed by atoms with Crippen LogP contribution >= 0.6 is 0 Å². The molecule has 3 aromatic rings. The summed E-state index contributed by atoms with van der Waals surface area (Å²) < 4.78 is 8.02. The molecule has 1 aliphatic heterocycles. The summed E-state index contributed by atoms with van der Waals surface area (Å²) in [7, 11) is 0. The van der Waals surface area contributed by atoms with Crippen LogP contribution in [0.15, 0.2) is 54.6 Å². The molecule has 134 valence electrons. The number of carbonyl (C=O) groups is 1. The van der Waals surface area contributed by atoms with Crippen LogP contribution < -0.4 is 4.74 Å². The number of imidazole rings is 1. The minimum absolute atomic E-state index is 0.148. The van der Waals surface area contributed by atoms with Crippen molar-refractivity contribution in [3.63, 3.8) is 0 Å². The average Bonchev–Trinajstić information content (AvgIpc) is 2.98. The summed E-state index contributed by atoms with van der Waals surface area (Å²) in [6.45, 7) is 3.77. The highest BCUT2D eigenvalue weighted by molar-refractivity contribution is 5.81. The highest BCUT2D eigenvalue weighted by atomic mass is 16.5. The number of carbonyl (C=O) groups excluding carboxylic acids is 1. The lowest BCUT2D eigenvalue weighted by Gasteiger charge is -2.32. The van der Waals surface area contributed by atoms with Crippen LogP contribution in [-0.4, -0.2) is 39.6 Å². The number of aromatic nitrogens is 2. The summed E-state index contributed by atoms with van der Waals surface area (Å²) in [5.74, 6) is 1.93. The molecule has 0 radical (unpaired) electrons. The topological polar surface area (TPSA) is 47.4 Å². The molecule has 1 amide bonds. The number of likely N-dealkylation sites (tertiary alicyclic amines) is 1. The SMILES string of the molecule is Cc1nc2ccccc2n1CC(=O)N1CCC(Oc2ccccc2)CC1. The van der Waals surface area contributed by atoms with Gasteiger partial charge in [0.15, 0.2) is 0 Å². The highest BCUT2D eigenvalue weighted by Crippen LogP contribution is 2.20. The van der Waals surface area contributed by atoms with Crippen molar-refractivity contribution in [2.24, 2.45) is 0 Å². The number of aryl methyl sites for hydroxylation is 1. The predicted molar refractivity (Wildman–Crippen MR) is 101 cm³/mol. The van der Waals surface area contributed by atoms with Gasteiger partial charge in [-0.25, -0.2) is 4.98 Å². The number of hydrogen-bond donors (Lipinski definition) is 0. The normalized spacial score (nSPS) is 15.3. The molecule has 26 heavy (non-hydrogen) atoms. The Morgan fingerprint density at radius 3 is 2.54 bits per heavy atom. The average molecular weight is 349 g/mol. The zero-order valence-corrected chi connectivity index (χ0v) is 15.0. The van der Waals surface area contributed by atoms with Crippen molar-refractivity contribution in [3.05, 3.63) is 60.4 Å². The first kappa shape index (κ1) is 16.6. The Morgan fingerprint density at radius 2 is 1.77 bits per heavy atom. The minimum atomic E-state index is 0.148. The summed E-state index contributed by atoms with van der Waals surface area (Å²) in [6, 6.07) is 17.8. The molecule has 1 saturated heterocycles. The van der Waals surface area contributed by atoms with E-state index in [2.05, 4.69) is 4.98 Å². The van der Waals surface area contributed by atoms with Crippen LogP contribution in [-0.2, 0) is 11.3 Å². The molecule has 0 atom stereocenters. The van der Waals surface area contributed by atoms with Crippen molar-refractivity contribution < 1.29 is 9.53 Å². The molecule has 2 aromatic carbocycles. The molecular formula is C21H23N3O2. The Morgan fingerprint density at radius 1 is 1.08 bits per heavy atom. The fourth-order valence-corrected chi connectivity index (χ4v) is 3.55. The van der Waals surface area contributed by atoms with Crippen LogP contribution in [0.4, 0.5) is 0 Å². The molecule has 5 nitrogen and oxygen atoms in total. The molecule has 0 N–H and O–H groups in total. The van der Waals surface area contributed by atoms with E-state index < -0.39 is 0 Å². The lowest BCUT2D eigenvalue weighted by Crippen LogP contribution is -2.43. The lowest BCUT2D eigenvalue weighted by atomic mass is 10.1. The molecule has 0 unspecified atom stereocenters. The van der Waals surface area contributed by atoms with Crippen LogP contribution in [0, 0.1) is 6.92 Å². The van der Waals surface area contributed by atoms with Gasteiger partial charge >= 0.3 is 0 Å². The van der Waals surface area contributed by atoms with E-state index in [1.165, 1.54) is 0 Å². The second-order valence-corrected chi connectivity index (χ2v) is 6.74. The van der Waals surface area contributed by atoms with Crippen molar-refractivity contribution in [1.29, 1.82) is 0 Å². The van der Waals surface area contributed by atoms with E-state index in [4.69, 9.17) is 4.74 Å². The first-order valence-corrected chi connectivity index (χ1v) is 9.12. The third kappa shape index (κ3) is 3.43. The van der Waals surface area contributed by atoms with Gasteiger partial charge in [-0.1, -0.05) is 30.3 Å². The quantitative estimate of drug-likeness (QED) is 0.725. The number of hydrogen-bond acceptors (Lipinski definition) is 3. The van der Waals surface area contributed by atoms with Gasteiger partial charge in [0.2, 0.25) is 5.91 Å². The number of nitrogens with zero attached hydrogens (tertiary/aromatic N) is 3. The molecule has 1 fully saturated rings. The summed E-state index contributed by atoms with van der Waals surface area (Å²) >= 11 is 0. The first-order valence-electron chi connectivity index (χ1n) is 9.12. The van der Waals surface area contributed by atoms with E-state index in [1.54, 1.807) is 0 Å². The van der Waals surface area contributed by atoms with Crippen LogP contribution in [0.1, 0.15) is 18.7 Å². The molecule has 1 aliphatic rings. The fourth-order valence-electron chi connectivity index (χ4n) is 3.55. The lowest BCUT2D eigenvalue weighted by molar-refractivity contribution is -0.133. The third-order valence-corrected chi connectivity index (χ3v) is 4.98. The number of ether oxygens (including phenoxy) is 1. The number of amides is 1. The van der Waals surface area contributed by atoms with E-state index in [0.29, 0.717) is 6.54 Å². The fraction of sp³-hybridized carbons (Fsp3) is 0.333. The number of para-hydroxylation sites is 3. The monoisotopic (exact) mass is 349 g/mol. The molecule has 1 aromatic heterocycles. The maximum absolute atomic E-state index is 12.8. The minimum Gasteiger partial charge on any atom is -0.490 e. The number of benzene rings is 2. The van der Waals surface area contributed by atoms with E-state index in [0.717, 1.165) is 48.5 Å². The smallest absolute Gasteiger partial charge is 0.242 e. The highest BCUT2D eigenvalue weighted by Gasteiger charge is 2.24. The van der Waals surface area contributed by atoms with Crippen LogP contribution in [0.25, 0.3) is 11.0 Å². The van der Waals surface area contributed by atoms with Gasteiger partial charge in [-0.05, 0) is 31.2 Å². The van der Waals surface area contributed by atoms with Gasteiger partial charge in [-0.2, -0.15) is 0 Å². The molecule has 2 heterocycles. The Labute approximate surface area is 153 Å². The maximum atomic E-state index is 12.8. The van der Waals surface area contributed by atoms with Crippen molar-refractivity contribution in [3.8, 4) is 5.75 Å². The predicted octanol–water partition coefficient (Wildman–Crippen LogP) is 3.41. The molecule has 5 heteroatoms. The Bertz CT molecular complexity index is 896. The van der Waals surface area contributed by atoms with Crippen LogP contribution in [0.5, 0.6) is 5.75 Å². The van der Waals surface area contributed by atoms with Gasteiger partial charge in [0.25, 0.3) is 0 Å². The van der Waals surface area contributed by atoms with Gasteiger partial charge < -0.3 is 14.2 Å². The second-order valence-electron chi connectivity index (χ2n) is 6.74. The van der Waals surface area contributed by atoms with E-state index in [9.17, 15) is 4.79 Å². The molecule has 0 saturated carbocycles. The van der Waals surface area contributed by atoms with Gasteiger partial charge in [0.1, 0.15) is 24.2 Å². The zero-order chi connectivity index (χ0) is 17.9. The Kier molecular flexibility index (Phi) is 4.61. The molecular weight excluding hydrogens is 326 g/mol.